The lowest BCUT2D eigenvalue weighted by molar-refractivity contribution is 0.884. The predicted molar refractivity (Wildman–Crippen MR) is 75.3 cm³/mol. The van der Waals surface area contributed by atoms with Crippen molar-refractivity contribution in [2.45, 2.75) is 13.5 Å². The highest BCUT2D eigenvalue weighted by molar-refractivity contribution is 5.49. The summed E-state index contributed by atoms with van der Waals surface area (Å²) < 4.78 is 0. The predicted octanol–water partition coefficient (Wildman–Crippen LogP) is 2.31. The summed E-state index contributed by atoms with van der Waals surface area (Å²) >= 11 is 0. The van der Waals surface area contributed by atoms with Crippen LogP contribution in [0.2, 0.25) is 0 Å². The van der Waals surface area contributed by atoms with Gasteiger partial charge in [0.15, 0.2) is 0 Å². The first-order valence-electron chi connectivity index (χ1n) is 5.88. The minimum absolute atomic E-state index is 0.749. The first kappa shape index (κ1) is 12.4. The second kappa shape index (κ2) is 5.51. The van der Waals surface area contributed by atoms with Gasteiger partial charge in [-0.25, -0.2) is 0 Å². The second-order valence-electron chi connectivity index (χ2n) is 4.38. The van der Waals surface area contributed by atoms with Crippen molar-refractivity contribution in [3.63, 3.8) is 0 Å². The van der Waals surface area contributed by atoms with Crippen molar-refractivity contribution in [3.05, 3.63) is 53.9 Å². The summed E-state index contributed by atoms with van der Waals surface area (Å²) in [4.78, 5) is 6.50. The van der Waals surface area contributed by atoms with Gasteiger partial charge in [-0.15, -0.1) is 0 Å². The van der Waals surface area contributed by atoms with Gasteiger partial charge in [0.25, 0.3) is 0 Å². The Labute approximate surface area is 107 Å². The standard InChI is InChI=1S/C14H18N4/c1-11-4-3-5-14(8-11)18(2)10-13-9-12(17-15)6-7-16-13/h3-9H,10,15H2,1-2H3,(H,16,17). The molecule has 2 aromatic rings. The third-order valence-electron chi connectivity index (χ3n) is 2.82. The molecule has 1 aromatic heterocycles. The molecule has 1 aromatic carbocycles. The molecule has 4 nitrogen and oxygen atoms in total. The van der Waals surface area contributed by atoms with Gasteiger partial charge in [0.1, 0.15) is 0 Å². The number of anilines is 2. The number of pyridine rings is 1. The van der Waals surface area contributed by atoms with Gasteiger partial charge in [0, 0.05) is 18.9 Å². The number of aryl methyl sites for hydroxylation is 1. The highest BCUT2D eigenvalue weighted by Gasteiger charge is 2.03. The van der Waals surface area contributed by atoms with Crippen LogP contribution in [-0.2, 0) is 6.54 Å². The fourth-order valence-corrected chi connectivity index (χ4v) is 1.85. The maximum atomic E-state index is 5.39. The van der Waals surface area contributed by atoms with Crippen molar-refractivity contribution in [3.8, 4) is 0 Å². The van der Waals surface area contributed by atoms with Crippen molar-refractivity contribution in [2.24, 2.45) is 5.84 Å². The molecule has 0 spiro atoms. The minimum atomic E-state index is 0.749. The van der Waals surface area contributed by atoms with E-state index in [4.69, 9.17) is 5.84 Å². The fourth-order valence-electron chi connectivity index (χ4n) is 1.85. The number of nitrogens with zero attached hydrogens (tertiary/aromatic N) is 2. The van der Waals surface area contributed by atoms with Gasteiger partial charge in [-0.2, -0.15) is 0 Å². The van der Waals surface area contributed by atoms with E-state index in [2.05, 4.69) is 53.5 Å². The molecular formula is C14H18N4. The molecule has 3 N–H and O–H groups in total. The Bertz CT molecular complexity index is 525. The minimum Gasteiger partial charge on any atom is -0.369 e. The monoisotopic (exact) mass is 242 g/mol. The van der Waals surface area contributed by atoms with Gasteiger partial charge in [0.2, 0.25) is 0 Å². The molecule has 0 amide bonds. The lowest BCUT2D eigenvalue weighted by Crippen LogP contribution is -2.17. The van der Waals surface area contributed by atoms with Crippen molar-refractivity contribution >= 4 is 11.4 Å². The molecule has 0 fully saturated rings. The molecule has 0 aliphatic heterocycles. The van der Waals surface area contributed by atoms with Crippen LogP contribution in [0, 0.1) is 6.92 Å². The molecular weight excluding hydrogens is 224 g/mol. The quantitative estimate of drug-likeness (QED) is 0.638. The van der Waals surface area contributed by atoms with Gasteiger partial charge >= 0.3 is 0 Å². The van der Waals surface area contributed by atoms with Crippen LogP contribution in [0.1, 0.15) is 11.3 Å². The molecule has 4 heteroatoms. The van der Waals surface area contributed by atoms with Crippen LogP contribution in [0.5, 0.6) is 0 Å². The summed E-state index contributed by atoms with van der Waals surface area (Å²) in [5.74, 6) is 5.39. The Hall–Kier alpha value is -2.07. The molecule has 18 heavy (non-hydrogen) atoms. The van der Waals surface area contributed by atoms with Crippen molar-refractivity contribution < 1.29 is 0 Å². The first-order chi connectivity index (χ1) is 8.69. The summed E-state index contributed by atoms with van der Waals surface area (Å²) in [7, 11) is 2.05. The molecule has 0 atom stereocenters. The number of hydrogen-bond donors (Lipinski definition) is 2. The first-order valence-corrected chi connectivity index (χ1v) is 5.88. The number of rotatable bonds is 4. The summed E-state index contributed by atoms with van der Waals surface area (Å²) in [5.41, 5.74) is 6.92. The number of hydrazine groups is 1. The van der Waals surface area contributed by atoms with E-state index in [9.17, 15) is 0 Å². The van der Waals surface area contributed by atoms with Crippen LogP contribution < -0.4 is 16.2 Å². The van der Waals surface area contributed by atoms with Gasteiger partial charge < -0.3 is 10.3 Å². The van der Waals surface area contributed by atoms with E-state index in [0.29, 0.717) is 0 Å². The molecule has 2 rings (SSSR count). The number of aromatic nitrogens is 1. The van der Waals surface area contributed by atoms with Crippen LogP contribution in [0.25, 0.3) is 0 Å². The zero-order valence-corrected chi connectivity index (χ0v) is 10.7. The van der Waals surface area contributed by atoms with E-state index in [1.54, 1.807) is 6.20 Å². The Morgan fingerprint density at radius 3 is 2.83 bits per heavy atom. The Balaban J connectivity index is 2.13. The highest BCUT2D eigenvalue weighted by Crippen LogP contribution is 2.17. The Kier molecular flexibility index (Phi) is 3.79. The maximum Gasteiger partial charge on any atom is 0.0617 e. The van der Waals surface area contributed by atoms with Gasteiger partial charge in [-0.05, 0) is 36.8 Å². The summed E-state index contributed by atoms with van der Waals surface area (Å²) in [6, 6.07) is 12.2. The maximum absolute atomic E-state index is 5.39. The van der Waals surface area contributed by atoms with Crippen LogP contribution >= 0.6 is 0 Å². The van der Waals surface area contributed by atoms with E-state index in [0.717, 1.165) is 17.9 Å². The molecule has 0 unspecified atom stereocenters. The van der Waals surface area contributed by atoms with Gasteiger partial charge in [-0.3, -0.25) is 10.8 Å². The van der Waals surface area contributed by atoms with E-state index in [1.165, 1.54) is 11.3 Å². The van der Waals surface area contributed by atoms with Crippen LogP contribution in [0.3, 0.4) is 0 Å². The summed E-state index contributed by atoms with van der Waals surface area (Å²) in [5, 5.41) is 0. The van der Waals surface area contributed by atoms with Gasteiger partial charge in [-0.1, -0.05) is 12.1 Å². The number of nitrogen functional groups attached to an aromatic ring is 1. The average molecular weight is 242 g/mol. The molecule has 0 saturated heterocycles. The molecule has 0 bridgehead atoms. The molecule has 94 valence electrons. The van der Waals surface area contributed by atoms with E-state index < -0.39 is 0 Å². The van der Waals surface area contributed by atoms with Crippen LogP contribution in [-0.4, -0.2) is 12.0 Å². The smallest absolute Gasteiger partial charge is 0.0617 e. The van der Waals surface area contributed by atoms with E-state index >= 15 is 0 Å². The zero-order chi connectivity index (χ0) is 13.0. The number of nitrogens with one attached hydrogen (secondary N) is 1. The molecule has 0 aliphatic carbocycles. The second-order valence-corrected chi connectivity index (χ2v) is 4.38. The van der Waals surface area contributed by atoms with Crippen molar-refractivity contribution in [2.75, 3.05) is 17.4 Å². The lowest BCUT2D eigenvalue weighted by Gasteiger charge is -2.19. The normalized spacial score (nSPS) is 10.2. The summed E-state index contributed by atoms with van der Waals surface area (Å²) in [6.45, 7) is 2.84. The molecule has 0 saturated carbocycles. The largest absolute Gasteiger partial charge is 0.369 e. The molecule has 1 heterocycles. The number of benzene rings is 1. The number of nitrogens with two attached hydrogens (primary N) is 1. The zero-order valence-electron chi connectivity index (χ0n) is 10.7. The topological polar surface area (TPSA) is 54.2 Å². The average Bonchev–Trinajstić information content (AvgIpc) is 2.39. The molecule has 0 aliphatic rings. The number of hydrogen-bond acceptors (Lipinski definition) is 4. The third-order valence-corrected chi connectivity index (χ3v) is 2.82. The van der Waals surface area contributed by atoms with Gasteiger partial charge in [0.05, 0.1) is 17.9 Å². The lowest BCUT2D eigenvalue weighted by atomic mass is 10.2. The highest BCUT2D eigenvalue weighted by atomic mass is 15.2. The molecule has 0 radical (unpaired) electrons. The van der Waals surface area contributed by atoms with Crippen LogP contribution in [0.4, 0.5) is 11.4 Å². The fraction of sp³-hybridized carbons (Fsp3) is 0.214. The van der Waals surface area contributed by atoms with E-state index in [1.807, 2.05) is 12.1 Å². The Morgan fingerprint density at radius 2 is 2.11 bits per heavy atom. The Morgan fingerprint density at radius 1 is 1.28 bits per heavy atom. The van der Waals surface area contributed by atoms with Crippen molar-refractivity contribution in [1.29, 1.82) is 0 Å². The third kappa shape index (κ3) is 2.99. The SMILES string of the molecule is Cc1cccc(N(C)Cc2cc(NN)ccn2)c1. The summed E-state index contributed by atoms with van der Waals surface area (Å²) in [6.07, 6.45) is 1.76. The van der Waals surface area contributed by atoms with Crippen molar-refractivity contribution in [1.82, 2.24) is 4.98 Å². The van der Waals surface area contributed by atoms with E-state index in [-0.39, 0.29) is 0 Å². The van der Waals surface area contributed by atoms with Crippen LogP contribution in [0.15, 0.2) is 42.6 Å².